The van der Waals surface area contributed by atoms with Crippen LogP contribution in [0.15, 0.2) is 0 Å². The van der Waals surface area contributed by atoms with Crippen LogP contribution in [0.1, 0.15) is 0 Å². The molecule has 0 spiro atoms. The molecule has 48 valence electrons. The summed E-state index contributed by atoms with van der Waals surface area (Å²) in [4.78, 5) is 0. The van der Waals surface area contributed by atoms with E-state index in [2.05, 4.69) is 0 Å². The van der Waals surface area contributed by atoms with Gasteiger partial charge >= 0.3 is 0 Å². The molecule has 0 aromatic heterocycles. The maximum absolute atomic E-state index is 0. The summed E-state index contributed by atoms with van der Waals surface area (Å²) in [5, 5.41) is 0. The number of hydrogen-bond donors (Lipinski definition) is 0. The first-order chi connectivity index (χ1) is 0. The van der Waals surface area contributed by atoms with E-state index in [1.54, 1.807) is 0 Å². The summed E-state index contributed by atoms with van der Waals surface area (Å²) in [6, 6.07) is 0. The van der Waals surface area contributed by atoms with Gasteiger partial charge in [-0.2, -0.15) is 0 Å². The Morgan fingerprint density at radius 2 is 0.333 bits per heavy atom. The van der Waals surface area contributed by atoms with Crippen molar-refractivity contribution in [3.63, 3.8) is 0 Å². The maximum atomic E-state index is 0. The van der Waals surface area contributed by atoms with Gasteiger partial charge in [-0.25, -0.2) is 0 Å². The lowest BCUT2D eigenvalue weighted by Gasteiger charge is -0.148. The fourth-order valence-electron chi connectivity index (χ4n) is 0. The molecule has 0 aliphatic rings. The smallest absolute Gasteiger partial charge is 0.0149 e. The van der Waals surface area contributed by atoms with E-state index in [0.29, 0.717) is 0 Å². The van der Waals surface area contributed by atoms with E-state index in [1.807, 2.05) is 0 Å². The molecule has 0 radical (unpaired) electrons. The molecule has 0 aromatic rings. The summed E-state index contributed by atoms with van der Waals surface area (Å²) >= 11 is 0. The molecule has 0 aliphatic carbocycles. The molecule has 0 saturated heterocycles. The summed E-state index contributed by atoms with van der Waals surface area (Å²) in [5.41, 5.74) is 0. The molecule has 0 saturated carbocycles. The van der Waals surface area contributed by atoms with Crippen LogP contribution >= 0.6 is 37.2 Å². The normalized spacial score (nSPS) is 0. The lowest BCUT2D eigenvalue weighted by Crippen LogP contribution is -0.382. The van der Waals surface area contributed by atoms with Gasteiger partial charge in [0, 0.05) is 0 Å². The zero-order valence-electron chi connectivity index (χ0n) is 1.22. The molecule has 0 bridgehead atoms. The highest BCUT2D eigenvalue weighted by Gasteiger charge is -0.0128. The minimum absolute atomic E-state index is 0. The van der Waals surface area contributed by atoms with Gasteiger partial charge in [0.2, 0.25) is 0 Å². The third kappa shape index (κ3) is 48.8. The Bertz CT molecular complexity index is 6.00. The van der Waals surface area contributed by atoms with Crippen molar-refractivity contribution in [1.29, 1.82) is 0 Å². The van der Waals surface area contributed by atoms with Gasteiger partial charge in [0.05, 0.1) is 0 Å². The first-order valence-electron chi connectivity index (χ1n) is 0. The second-order valence-corrected chi connectivity index (χ2v) is 0. The fraction of sp³-hybridized carbons (Fsp3) is 0. The summed E-state index contributed by atoms with van der Waals surface area (Å²) in [7, 11) is 0. The molecular formula is H15Cl3Si3. The number of halogens is 3. The molecule has 0 fully saturated rings. The van der Waals surface area contributed by atoms with Crippen LogP contribution in [0.3, 0.4) is 0 Å². The van der Waals surface area contributed by atoms with Crippen molar-refractivity contribution >= 4 is 70.1 Å². The van der Waals surface area contributed by atoms with Crippen LogP contribution in [0.2, 0.25) is 0 Å². The van der Waals surface area contributed by atoms with Crippen LogP contribution in [-0.4, -0.2) is 32.9 Å². The monoisotopic (exact) mass is 204 g/mol. The van der Waals surface area contributed by atoms with Gasteiger partial charge in [-0.15, -0.1) is 37.2 Å². The first kappa shape index (κ1) is 138. The minimum Gasteiger partial charge on any atom is -0.147 e. The highest BCUT2D eigenvalue weighted by atomic mass is 35.5. The van der Waals surface area contributed by atoms with E-state index in [9.17, 15) is 0 Å². The van der Waals surface area contributed by atoms with Gasteiger partial charge in [0.1, 0.15) is 0 Å². The minimum atomic E-state index is 0. The van der Waals surface area contributed by atoms with Gasteiger partial charge in [0.15, 0.2) is 0 Å². The number of rotatable bonds is 0. The first-order valence-corrected chi connectivity index (χ1v) is 0. The van der Waals surface area contributed by atoms with Crippen molar-refractivity contribution in [3.05, 3.63) is 0 Å². The number of hydrogen-bond acceptors (Lipinski definition) is 0. The van der Waals surface area contributed by atoms with Crippen LogP contribution in [-0.2, 0) is 0 Å². The Kier molecular flexibility index (Phi) is 1980. The largest absolute Gasteiger partial charge is 0.147 e. The Hall–Kier alpha value is 1.52. The maximum Gasteiger partial charge on any atom is -0.0149 e. The summed E-state index contributed by atoms with van der Waals surface area (Å²) in [6.45, 7) is 0. The molecule has 0 aliphatic heterocycles. The van der Waals surface area contributed by atoms with Crippen LogP contribution < -0.4 is 0 Å². The lowest BCUT2D eigenvalue weighted by molar-refractivity contribution is 5.75. The molecule has 0 N–H and O–H groups in total. The molecule has 0 atom stereocenters. The average Bonchev–Trinajstić information content (AvgIpc) is 0. The lowest BCUT2D eigenvalue weighted by atomic mass is 28.1. The molecule has 0 heterocycles. The second-order valence-electron chi connectivity index (χ2n) is 0. The summed E-state index contributed by atoms with van der Waals surface area (Å²) in [6.07, 6.45) is 0. The zero-order valence-corrected chi connectivity index (χ0v) is 3.67. The quantitative estimate of drug-likeness (QED) is 0.368. The molecule has 0 aromatic carbocycles. The SMILES string of the molecule is Cl.Cl.Cl.[SiH4].[SiH4].[SiH4]. The van der Waals surface area contributed by atoms with Gasteiger partial charge in [-0.3, -0.25) is 0 Å². The third-order valence-corrected chi connectivity index (χ3v) is 0. The van der Waals surface area contributed by atoms with E-state index < -0.39 is 0 Å². The molecule has 0 rings (SSSR count). The van der Waals surface area contributed by atoms with Gasteiger partial charge in [-0.05, 0) is 32.9 Å². The van der Waals surface area contributed by atoms with E-state index in [1.165, 1.54) is 0 Å². The molecule has 0 unspecified atom stereocenters. The zero-order chi connectivity index (χ0) is 0. The summed E-state index contributed by atoms with van der Waals surface area (Å²) in [5.74, 6) is 0. The van der Waals surface area contributed by atoms with Gasteiger partial charge < -0.3 is 0 Å². The Balaban J connectivity index is 0. The van der Waals surface area contributed by atoms with E-state index >= 15 is 0 Å². The molecule has 6 heteroatoms. The standard InChI is InChI=1S/3ClH.3H4Si/h3*1H;3*1H4. The van der Waals surface area contributed by atoms with E-state index in [-0.39, 0.29) is 70.1 Å². The van der Waals surface area contributed by atoms with Crippen LogP contribution in [0.5, 0.6) is 0 Å². The molecule has 0 nitrogen and oxygen atoms in total. The predicted octanol–water partition coefficient (Wildman–Crippen LogP) is -3.09. The molecule has 0 amide bonds. The van der Waals surface area contributed by atoms with Crippen molar-refractivity contribution in [3.8, 4) is 0 Å². The topological polar surface area (TPSA) is 0 Å². The van der Waals surface area contributed by atoms with Crippen molar-refractivity contribution in [1.82, 2.24) is 0 Å². The highest BCUT2D eigenvalue weighted by molar-refractivity contribution is 5.86. The second kappa shape index (κ2) is 85.9. The Labute approximate surface area is 70.1 Å². The molecular weight excluding hydrogens is 191 g/mol. The van der Waals surface area contributed by atoms with E-state index in [4.69, 9.17) is 0 Å². The third-order valence-electron chi connectivity index (χ3n) is 0. The Morgan fingerprint density at radius 1 is 0.333 bits per heavy atom. The van der Waals surface area contributed by atoms with E-state index in [0.717, 1.165) is 0 Å². The predicted molar refractivity (Wildman–Crippen MR) is 55.7 cm³/mol. The van der Waals surface area contributed by atoms with Crippen molar-refractivity contribution in [2.24, 2.45) is 0 Å². The highest BCUT2D eigenvalue weighted by Crippen LogP contribution is 0.692. The average molecular weight is 206 g/mol. The van der Waals surface area contributed by atoms with Crippen molar-refractivity contribution in [2.75, 3.05) is 0 Å². The van der Waals surface area contributed by atoms with Crippen LogP contribution in [0, 0.1) is 0 Å². The van der Waals surface area contributed by atoms with Crippen LogP contribution in [0.4, 0.5) is 0 Å². The Morgan fingerprint density at radius 3 is 0.333 bits per heavy atom. The fourth-order valence-corrected chi connectivity index (χ4v) is 0. The van der Waals surface area contributed by atoms with Crippen LogP contribution in [0.25, 0.3) is 0 Å². The van der Waals surface area contributed by atoms with Crippen molar-refractivity contribution < 1.29 is 0 Å². The van der Waals surface area contributed by atoms with Gasteiger partial charge in [-0.1, -0.05) is 0 Å². The van der Waals surface area contributed by atoms with Crippen molar-refractivity contribution in [2.45, 2.75) is 0 Å². The van der Waals surface area contributed by atoms with Gasteiger partial charge in [0.25, 0.3) is 0 Å². The molecule has 6 heavy (non-hydrogen) atoms. The summed E-state index contributed by atoms with van der Waals surface area (Å²) < 4.78 is 0.